The number of benzene rings is 2. The summed E-state index contributed by atoms with van der Waals surface area (Å²) < 4.78 is 5.69. The molecule has 2 aromatic carbocycles. The second-order valence-electron chi connectivity index (χ2n) is 5.83. The molecule has 1 amide bonds. The molecule has 0 fully saturated rings. The van der Waals surface area contributed by atoms with Crippen LogP contribution in [0.3, 0.4) is 0 Å². The van der Waals surface area contributed by atoms with Crippen molar-refractivity contribution in [2.75, 3.05) is 11.9 Å². The minimum Gasteiger partial charge on any atom is -0.493 e. The number of rotatable bonds is 5. The molecule has 0 aliphatic rings. The van der Waals surface area contributed by atoms with Gasteiger partial charge in [0.2, 0.25) is 5.91 Å². The van der Waals surface area contributed by atoms with Crippen molar-refractivity contribution in [2.45, 2.75) is 20.3 Å². The van der Waals surface area contributed by atoms with Gasteiger partial charge in [-0.1, -0.05) is 35.9 Å². The molecule has 24 heavy (non-hydrogen) atoms. The average Bonchev–Trinajstić information content (AvgIpc) is 2.57. The summed E-state index contributed by atoms with van der Waals surface area (Å²) in [6.45, 7) is 4.39. The number of amides is 1. The zero-order valence-corrected chi connectivity index (χ0v) is 13.9. The Labute approximate surface area is 141 Å². The van der Waals surface area contributed by atoms with E-state index in [-0.39, 0.29) is 5.91 Å². The van der Waals surface area contributed by atoms with Crippen molar-refractivity contribution >= 4 is 22.5 Å². The molecule has 1 N–H and O–H groups in total. The Morgan fingerprint density at radius 1 is 1.12 bits per heavy atom. The normalized spacial score (nSPS) is 10.6. The lowest BCUT2D eigenvalue weighted by Gasteiger charge is -2.10. The zero-order valence-electron chi connectivity index (χ0n) is 13.9. The molecule has 0 radical (unpaired) electrons. The maximum atomic E-state index is 12.1. The number of carbonyl (C=O) groups excluding carboxylic acids is 1. The molecule has 4 heteroatoms. The standard InChI is InChI=1S/C20H20N2O2/c1-14-7-8-19(15(2)11-14)24-10-9-20(23)22-17-12-16-5-3-4-6-18(16)21-13-17/h3-8,11-13H,9-10H2,1-2H3,(H,22,23). The number of anilines is 1. The van der Waals surface area contributed by atoms with Gasteiger partial charge in [0.15, 0.2) is 0 Å². The van der Waals surface area contributed by atoms with E-state index in [9.17, 15) is 4.79 Å². The van der Waals surface area contributed by atoms with Crippen molar-refractivity contribution in [2.24, 2.45) is 0 Å². The molecule has 4 nitrogen and oxygen atoms in total. The van der Waals surface area contributed by atoms with Crippen LogP contribution in [0.15, 0.2) is 54.7 Å². The molecule has 0 bridgehead atoms. The Balaban J connectivity index is 1.55. The molecule has 3 aromatic rings. The number of hydrogen-bond donors (Lipinski definition) is 1. The van der Waals surface area contributed by atoms with Crippen molar-refractivity contribution in [1.82, 2.24) is 4.98 Å². The van der Waals surface area contributed by atoms with Crippen molar-refractivity contribution in [1.29, 1.82) is 0 Å². The number of aryl methyl sites for hydroxylation is 2. The second-order valence-corrected chi connectivity index (χ2v) is 5.83. The summed E-state index contributed by atoms with van der Waals surface area (Å²) in [6.07, 6.45) is 1.96. The summed E-state index contributed by atoms with van der Waals surface area (Å²) in [5.41, 5.74) is 3.88. The smallest absolute Gasteiger partial charge is 0.227 e. The van der Waals surface area contributed by atoms with E-state index >= 15 is 0 Å². The van der Waals surface area contributed by atoms with Crippen LogP contribution in [0.5, 0.6) is 5.75 Å². The molecular weight excluding hydrogens is 300 g/mol. The first-order valence-electron chi connectivity index (χ1n) is 7.96. The molecule has 0 saturated carbocycles. The van der Waals surface area contributed by atoms with E-state index in [1.165, 1.54) is 5.56 Å². The van der Waals surface area contributed by atoms with Gasteiger partial charge in [-0.3, -0.25) is 9.78 Å². The summed E-state index contributed by atoms with van der Waals surface area (Å²) in [4.78, 5) is 16.4. The lowest BCUT2D eigenvalue weighted by Crippen LogP contribution is -2.15. The molecule has 0 aliphatic heterocycles. The molecule has 0 atom stereocenters. The first-order chi connectivity index (χ1) is 11.6. The van der Waals surface area contributed by atoms with E-state index in [0.717, 1.165) is 22.2 Å². The van der Waals surface area contributed by atoms with Gasteiger partial charge in [0.25, 0.3) is 0 Å². The molecule has 122 valence electrons. The van der Waals surface area contributed by atoms with Crippen molar-refractivity contribution < 1.29 is 9.53 Å². The monoisotopic (exact) mass is 320 g/mol. The van der Waals surface area contributed by atoms with Crippen LogP contribution in [-0.4, -0.2) is 17.5 Å². The molecular formula is C20H20N2O2. The van der Waals surface area contributed by atoms with Crippen molar-refractivity contribution in [3.8, 4) is 5.75 Å². The Kier molecular flexibility index (Phi) is 4.75. The molecule has 1 aromatic heterocycles. The number of ether oxygens (including phenoxy) is 1. The van der Waals surface area contributed by atoms with Crippen LogP contribution in [0.1, 0.15) is 17.5 Å². The third-order valence-corrected chi connectivity index (χ3v) is 3.79. The number of nitrogens with zero attached hydrogens (tertiary/aromatic N) is 1. The van der Waals surface area contributed by atoms with Crippen LogP contribution in [-0.2, 0) is 4.79 Å². The lowest BCUT2D eigenvalue weighted by molar-refractivity contribution is -0.116. The molecule has 0 saturated heterocycles. The highest BCUT2D eigenvalue weighted by molar-refractivity contribution is 5.93. The number of carbonyl (C=O) groups is 1. The first-order valence-corrected chi connectivity index (χ1v) is 7.96. The van der Waals surface area contributed by atoms with E-state index < -0.39 is 0 Å². The number of pyridine rings is 1. The van der Waals surface area contributed by atoms with Gasteiger partial charge in [-0.25, -0.2) is 0 Å². The van der Waals surface area contributed by atoms with Crippen molar-refractivity contribution in [3.05, 3.63) is 65.9 Å². The average molecular weight is 320 g/mol. The number of para-hydroxylation sites is 1. The van der Waals surface area contributed by atoms with Crippen LogP contribution in [0.2, 0.25) is 0 Å². The van der Waals surface area contributed by atoms with Gasteiger partial charge >= 0.3 is 0 Å². The van der Waals surface area contributed by atoms with Crippen LogP contribution in [0.25, 0.3) is 10.9 Å². The van der Waals surface area contributed by atoms with Gasteiger partial charge in [-0.2, -0.15) is 0 Å². The Hall–Kier alpha value is -2.88. The summed E-state index contributed by atoms with van der Waals surface area (Å²) in [6, 6.07) is 15.7. The van der Waals surface area contributed by atoms with Crippen molar-refractivity contribution in [3.63, 3.8) is 0 Å². The minimum atomic E-state index is -0.0863. The summed E-state index contributed by atoms with van der Waals surface area (Å²) in [5, 5.41) is 3.86. The van der Waals surface area contributed by atoms with Gasteiger partial charge in [0, 0.05) is 5.39 Å². The van der Waals surface area contributed by atoms with Crippen LogP contribution in [0, 0.1) is 13.8 Å². The van der Waals surface area contributed by atoms with Crippen LogP contribution < -0.4 is 10.1 Å². The fourth-order valence-electron chi connectivity index (χ4n) is 2.58. The van der Waals surface area contributed by atoms with E-state index in [2.05, 4.69) is 16.4 Å². The topological polar surface area (TPSA) is 51.2 Å². The first kappa shape index (κ1) is 16.0. The summed E-state index contributed by atoms with van der Waals surface area (Å²) in [5.74, 6) is 0.734. The predicted octanol–water partition coefficient (Wildman–Crippen LogP) is 4.26. The molecule has 0 spiro atoms. The minimum absolute atomic E-state index is 0.0863. The van der Waals surface area contributed by atoms with E-state index in [4.69, 9.17) is 4.74 Å². The molecule has 1 heterocycles. The number of hydrogen-bond acceptors (Lipinski definition) is 3. The highest BCUT2D eigenvalue weighted by atomic mass is 16.5. The molecule has 0 unspecified atom stereocenters. The fourth-order valence-corrected chi connectivity index (χ4v) is 2.58. The number of nitrogens with one attached hydrogen (secondary N) is 1. The lowest BCUT2D eigenvalue weighted by atomic mass is 10.1. The Morgan fingerprint density at radius 3 is 2.79 bits per heavy atom. The third kappa shape index (κ3) is 3.90. The highest BCUT2D eigenvalue weighted by Gasteiger charge is 2.06. The highest BCUT2D eigenvalue weighted by Crippen LogP contribution is 2.19. The van der Waals surface area contributed by atoms with Gasteiger partial charge in [-0.15, -0.1) is 0 Å². The largest absolute Gasteiger partial charge is 0.493 e. The Bertz CT molecular complexity index is 874. The number of aromatic nitrogens is 1. The number of fused-ring (bicyclic) bond motifs is 1. The Morgan fingerprint density at radius 2 is 1.96 bits per heavy atom. The SMILES string of the molecule is Cc1ccc(OCCC(=O)Nc2cnc3ccccc3c2)c(C)c1. The predicted molar refractivity (Wildman–Crippen MR) is 96.4 cm³/mol. The fraction of sp³-hybridized carbons (Fsp3) is 0.200. The van der Waals surface area contributed by atoms with E-state index in [1.54, 1.807) is 6.20 Å². The quantitative estimate of drug-likeness (QED) is 0.764. The maximum Gasteiger partial charge on any atom is 0.227 e. The maximum absolute atomic E-state index is 12.1. The summed E-state index contributed by atoms with van der Waals surface area (Å²) in [7, 11) is 0. The van der Waals surface area contributed by atoms with Gasteiger partial charge in [-0.05, 0) is 37.6 Å². The van der Waals surface area contributed by atoms with Gasteiger partial charge < -0.3 is 10.1 Å². The molecule has 0 aliphatic carbocycles. The zero-order chi connectivity index (χ0) is 16.9. The van der Waals surface area contributed by atoms with Gasteiger partial charge in [0.1, 0.15) is 5.75 Å². The third-order valence-electron chi connectivity index (χ3n) is 3.79. The second kappa shape index (κ2) is 7.13. The molecule has 3 rings (SSSR count). The van der Waals surface area contributed by atoms with E-state index in [1.807, 2.05) is 56.3 Å². The van der Waals surface area contributed by atoms with Crippen LogP contribution in [0.4, 0.5) is 5.69 Å². The van der Waals surface area contributed by atoms with E-state index in [0.29, 0.717) is 18.7 Å². The van der Waals surface area contributed by atoms with Gasteiger partial charge in [0.05, 0.1) is 30.4 Å². The van der Waals surface area contributed by atoms with Crippen LogP contribution >= 0.6 is 0 Å². The summed E-state index contributed by atoms with van der Waals surface area (Å²) >= 11 is 0.